The molecule has 3 rings (SSSR count). The van der Waals surface area contributed by atoms with Crippen LogP contribution in [0.15, 0.2) is 84.9 Å². The van der Waals surface area contributed by atoms with Crippen molar-refractivity contribution in [1.29, 1.82) is 0 Å². The summed E-state index contributed by atoms with van der Waals surface area (Å²) in [5.74, 6) is 0.822. The van der Waals surface area contributed by atoms with Crippen molar-refractivity contribution >= 4 is 23.4 Å². The summed E-state index contributed by atoms with van der Waals surface area (Å²) >= 11 is 0. The van der Waals surface area contributed by atoms with E-state index in [2.05, 4.69) is 12.2 Å². The summed E-state index contributed by atoms with van der Waals surface area (Å²) in [6, 6.07) is 27.4. The number of hydrogen-bond acceptors (Lipinski definition) is 3. The van der Waals surface area contributed by atoms with E-state index in [0.717, 1.165) is 22.0 Å². The maximum absolute atomic E-state index is 14.1. The average molecular weight is 365 g/mol. The summed E-state index contributed by atoms with van der Waals surface area (Å²) in [6.45, 7) is 2.07. The molecule has 0 amide bonds. The van der Waals surface area contributed by atoms with E-state index in [0.29, 0.717) is 6.16 Å². The molecule has 3 aromatic rings. The van der Waals surface area contributed by atoms with Crippen LogP contribution in [0.25, 0.3) is 0 Å². The van der Waals surface area contributed by atoms with Gasteiger partial charge in [-0.05, 0) is 31.2 Å². The van der Waals surface area contributed by atoms with Crippen LogP contribution in [0.3, 0.4) is 0 Å². The van der Waals surface area contributed by atoms with Crippen LogP contribution in [0.4, 0.5) is 5.69 Å². The Morgan fingerprint density at radius 2 is 1.35 bits per heavy atom. The number of methoxy groups -OCH3 is 1. The average Bonchev–Trinajstić information content (AvgIpc) is 2.70. The molecule has 0 aliphatic rings. The number of ether oxygens (including phenoxy) is 1. The van der Waals surface area contributed by atoms with Gasteiger partial charge in [-0.2, -0.15) is 0 Å². The highest BCUT2D eigenvalue weighted by molar-refractivity contribution is 7.78. The minimum atomic E-state index is -2.72. The highest BCUT2D eigenvalue weighted by Gasteiger charge is 2.29. The molecular weight excluding hydrogens is 341 g/mol. The third-order valence-corrected chi connectivity index (χ3v) is 7.71. The normalized spacial score (nSPS) is 12.4. The molecule has 0 spiro atoms. The maximum Gasteiger partial charge on any atom is 0.145 e. The predicted molar refractivity (Wildman–Crippen MR) is 111 cm³/mol. The van der Waals surface area contributed by atoms with Gasteiger partial charge >= 0.3 is 0 Å². The van der Waals surface area contributed by atoms with Gasteiger partial charge in [-0.3, -0.25) is 0 Å². The summed E-state index contributed by atoms with van der Waals surface area (Å²) in [5.41, 5.74) is 0.992. The molecule has 0 aliphatic heterocycles. The number of nitrogens with one attached hydrogen (secondary N) is 1. The van der Waals surface area contributed by atoms with Crippen LogP contribution in [0, 0.1) is 0 Å². The summed E-state index contributed by atoms with van der Waals surface area (Å²) in [6.07, 6.45) is 0.549. The van der Waals surface area contributed by atoms with Gasteiger partial charge in [-0.25, -0.2) is 0 Å². The first-order chi connectivity index (χ1) is 12.6. The summed E-state index contributed by atoms with van der Waals surface area (Å²) in [4.78, 5) is 0. The lowest BCUT2D eigenvalue weighted by Crippen LogP contribution is -2.27. The fraction of sp³-hybridized carbons (Fsp3) is 0.182. The zero-order valence-corrected chi connectivity index (χ0v) is 16.0. The number of hydrogen-bond donors (Lipinski definition) is 1. The molecule has 26 heavy (non-hydrogen) atoms. The van der Waals surface area contributed by atoms with Gasteiger partial charge in [-0.1, -0.05) is 60.7 Å². The fourth-order valence-corrected chi connectivity index (χ4v) is 5.99. The first-order valence-corrected chi connectivity index (χ1v) is 10.6. The van der Waals surface area contributed by atoms with E-state index >= 15 is 0 Å². The lowest BCUT2D eigenvalue weighted by Gasteiger charge is -2.24. The van der Waals surface area contributed by atoms with Gasteiger partial charge in [0.2, 0.25) is 0 Å². The van der Waals surface area contributed by atoms with E-state index in [1.165, 1.54) is 0 Å². The summed E-state index contributed by atoms with van der Waals surface area (Å²) in [5, 5.41) is 5.26. The third-order valence-electron chi connectivity index (χ3n) is 4.38. The van der Waals surface area contributed by atoms with Crippen molar-refractivity contribution in [1.82, 2.24) is 0 Å². The Bertz CT molecular complexity index is 820. The van der Waals surface area contributed by atoms with Crippen LogP contribution in [-0.4, -0.2) is 19.3 Å². The van der Waals surface area contributed by atoms with E-state index in [1.54, 1.807) is 7.11 Å². The van der Waals surface area contributed by atoms with Crippen LogP contribution in [-0.2, 0) is 4.57 Å². The SMILES string of the molecule is COc1ccc(NC(C)CP(=O)(c2ccccc2)c2ccccc2)cc1. The van der Waals surface area contributed by atoms with E-state index < -0.39 is 7.14 Å². The van der Waals surface area contributed by atoms with Gasteiger partial charge in [0, 0.05) is 28.5 Å². The van der Waals surface area contributed by atoms with Crippen molar-refractivity contribution in [2.75, 3.05) is 18.6 Å². The zero-order valence-electron chi connectivity index (χ0n) is 15.1. The Kier molecular flexibility index (Phi) is 5.80. The molecule has 3 aromatic carbocycles. The van der Waals surface area contributed by atoms with Crippen LogP contribution < -0.4 is 20.7 Å². The highest BCUT2D eigenvalue weighted by Crippen LogP contribution is 2.44. The Morgan fingerprint density at radius 3 is 1.81 bits per heavy atom. The second kappa shape index (κ2) is 8.25. The molecule has 1 unspecified atom stereocenters. The zero-order chi connectivity index (χ0) is 18.4. The van der Waals surface area contributed by atoms with Crippen molar-refractivity contribution in [3.63, 3.8) is 0 Å². The number of anilines is 1. The minimum Gasteiger partial charge on any atom is -0.497 e. The molecule has 1 N–H and O–H groups in total. The van der Waals surface area contributed by atoms with Crippen molar-refractivity contribution in [3.05, 3.63) is 84.9 Å². The van der Waals surface area contributed by atoms with Crippen molar-refractivity contribution in [2.24, 2.45) is 0 Å². The van der Waals surface area contributed by atoms with Crippen LogP contribution in [0.1, 0.15) is 6.92 Å². The molecule has 4 heteroatoms. The standard InChI is InChI=1S/C22H24NO2P/c1-18(23-19-13-15-20(25-2)16-14-19)17-26(24,21-9-5-3-6-10-21)22-11-7-4-8-12-22/h3-16,18,23H,17H2,1-2H3. The summed E-state index contributed by atoms with van der Waals surface area (Å²) < 4.78 is 19.3. The molecule has 0 heterocycles. The molecule has 134 valence electrons. The molecule has 0 saturated carbocycles. The molecule has 0 fully saturated rings. The Hall–Kier alpha value is -2.51. The Morgan fingerprint density at radius 1 is 0.846 bits per heavy atom. The van der Waals surface area contributed by atoms with Crippen LogP contribution in [0.2, 0.25) is 0 Å². The largest absolute Gasteiger partial charge is 0.497 e. The van der Waals surface area contributed by atoms with Gasteiger partial charge < -0.3 is 14.6 Å². The first-order valence-electron chi connectivity index (χ1n) is 8.73. The number of benzene rings is 3. The Labute approximate surface area is 155 Å². The van der Waals surface area contributed by atoms with E-state index in [1.807, 2.05) is 84.9 Å². The molecule has 0 radical (unpaired) electrons. The molecule has 0 aliphatic carbocycles. The van der Waals surface area contributed by atoms with E-state index in [9.17, 15) is 4.57 Å². The smallest absolute Gasteiger partial charge is 0.145 e. The van der Waals surface area contributed by atoms with Gasteiger partial charge in [-0.15, -0.1) is 0 Å². The van der Waals surface area contributed by atoms with Gasteiger partial charge in [0.1, 0.15) is 12.9 Å². The second-order valence-corrected chi connectivity index (χ2v) is 9.24. The molecule has 3 nitrogen and oxygen atoms in total. The molecule has 0 saturated heterocycles. The highest BCUT2D eigenvalue weighted by atomic mass is 31.2. The van der Waals surface area contributed by atoms with Crippen molar-refractivity contribution in [3.8, 4) is 5.75 Å². The fourth-order valence-electron chi connectivity index (χ4n) is 3.10. The number of rotatable bonds is 7. The van der Waals surface area contributed by atoms with Gasteiger partial charge in [0.25, 0.3) is 0 Å². The van der Waals surface area contributed by atoms with Gasteiger partial charge in [0.05, 0.1) is 7.11 Å². The quantitative estimate of drug-likeness (QED) is 0.626. The topological polar surface area (TPSA) is 38.3 Å². The molecule has 1 atom stereocenters. The van der Waals surface area contributed by atoms with Crippen LogP contribution >= 0.6 is 7.14 Å². The monoisotopic (exact) mass is 365 g/mol. The van der Waals surface area contributed by atoms with Crippen molar-refractivity contribution in [2.45, 2.75) is 13.0 Å². The van der Waals surface area contributed by atoms with Gasteiger partial charge in [0.15, 0.2) is 0 Å². The van der Waals surface area contributed by atoms with Crippen molar-refractivity contribution < 1.29 is 9.30 Å². The van der Waals surface area contributed by atoms with E-state index in [4.69, 9.17) is 4.74 Å². The lowest BCUT2D eigenvalue weighted by molar-refractivity contribution is 0.415. The van der Waals surface area contributed by atoms with Crippen LogP contribution in [0.5, 0.6) is 5.75 Å². The predicted octanol–water partition coefficient (Wildman–Crippen LogP) is 4.51. The Balaban J connectivity index is 1.85. The third kappa shape index (κ3) is 4.17. The minimum absolute atomic E-state index is 0.0506. The maximum atomic E-state index is 14.1. The molecule has 0 bridgehead atoms. The molecular formula is C22H24NO2P. The second-order valence-electron chi connectivity index (χ2n) is 6.37. The van der Waals surface area contributed by atoms with E-state index in [-0.39, 0.29) is 6.04 Å². The summed E-state index contributed by atoms with van der Waals surface area (Å²) in [7, 11) is -1.07. The molecule has 0 aromatic heterocycles. The first kappa shape index (κ1) is 18.3. The lowest BCUT2D eigenvalue weighted by atomic mass is 10.2.